The van der Waals surface area contributed by atoms with Gasteiger partial charge in [0.1, 0.15) is 6.04 Å². The van der Waals surface area contributed by atoms with Gasteiger partial charge in [-0.1, -0.05) is 35.9 Å². The number of morpholine rings is 1. The molecule has 2 aromatic carbocycles. The van der Waals surface area contributed by atoms with Crippen LogP contribution in [0.5, 0.6) is 0 Å². The zero-order valence-corrected chi connectivity index (χ0v) is 21.2. The SMILES string of the molecule is O=C(Cc1ccc(CN2CCOCC2)c(Cl)c1)NCc1ccc2c(c1)CN(C1CCC(=O)NC1=O)C2=O. The molecule has 3 aliphatic heterocycles. The van der Waals surface area contributed by atoms with Crippen molar-refractivity contribution < 1.29 is 23.9 Å². The summed E-state index contributed by atoms with van der Waals surface area (Å²) in [4.78, 5) is 52.9. The molecular formula is C27H29ClN4O5. The lowest BCUT2D eigenvalue weighted by atomic mass is 10.0. The third-order valence-electron chi connectivity index (χ3n) is 7.06. The molecule has 194 valence electrons. The lowest BCUT2D eigenvalue weighted by molar-refractivity contribution is -0.137. The molecule has 2 N–H and O–H groups in total. The molecule has 0 radical (unpaired) electrons. The highest BCUT2D eigenvalue weighted by Crippen LogP contribution is 2.28. The first-order chi connectivity index (χ1) is 17.9. The fourth-order valence-electron chi connectivity index (χ4n) is 5.02. The molecule has 3 aliphatic rings. The Labute approximate surface area is 220 Å². The standard InChI is InChI=1S/C27H29ClN4O5/c28-22-12-17(1-3-19(22)15-31-7-9-37-10-8-31)13-25(34)29-14-18-2-4-21-20(11-18)16-32(27(21)36)23-5-6-24(33)30-26(23)35/h1-4,11-12,23H,5-10,13-16H2,(H,29,34)(H,30,33,35). The molecular weight excluding hydrogens is 496 g/mol. The number of rotatable bonds is 7. The van der Waals surface area contributed by atoms with Gasteiger partial charge in [0.2, 0.25) is 17.7 Å². The average molecular weight is 525 g/mol. The first kappa shape index (κ1) is 25.4. The second-order valence-electron chi connectivity index (χ2n) is 9.66. The minimum absolute atomic E-state index is 0.126. The van der Waals surface area contributed by atoms with Crippen molar-refractivity contribution in [3.63, 3.8) is 0 Å². The number of benzene rings is 2. The van der Waals surface area contributed by atoms with Crippen LogP contribution in [0.3, 0.4) is 0 Å². The molecule has 37 heavy (non-hydrogen) atoms. The van der Waals surface area contributed by atoms with Gasteiger partial charge < -0.3 is 15.0 Å². The van der Waals surface area contributed by atoms with E-state index in [1.807, 2.05) is 30.3 Å². The zero-order valence-electron chi connectivity index (χ0n) is 20.4. The van der Waals surface area contributed by atoms with Crippen LogP contribution in [0.4, 0.5) is 0 Å². The molecule has 1 atom stereocenters. The topological polar surface area (TPSA) is 108 Å². The summed E-state index contributed by atoms with van der Waals surface area (Å²) in [6.45, 7) is 4.61. The third kappa shape index (κ3) is 5.84. The van der Waals surface area contributed by atoms with Crippen molar-refractivity contribution in [1.82, 2.24) is 20.4 Å². The molecule has 2 saturated heterocycles. The minimum atomic E-state index is -0.646. The maximum atomic E-state index is 12.8. The number of carbonyl (C=O) groups is 4. The Morgan fingerprint density at radius 3 is 2.62 bits per heavy atom. The highest BCUT2D eigenvalue weighted by Gasteiger charge is 2.39. The average Bonchev–Trinajstić information content (AvgIpc) is 3.20. The van der Waals surface area contributed by atoms with Crippen molar-refractivity contribution in [2.45, 2.75) is 44.9 Å². The molecule has 2 fully saturated rings. The number of imide groups is 1. The van der Waals surface area contributed by atoms with E-state index in [0.29, 0.717) is 30.1 Å². The number of hydrogen-bond acceptors (Lipinski definition) is 6. The van der Waals surface area contributed by atoms with E-state index in [1.54, 1.807) is 6.07 Å². The molecule has 1 unspecified atom stereocenters. The van der Waals surface area contributed by atoms with E-state index in [0.717, 1.165) is 55.1 Å². The maximum absolute atomic E-state index is 12.8. The number of nitrogens with one attached hydrogen (secondary N) is 2. The molecule has 4 amide bonds. The monoisotopic (exact) mass is 524 g/mol. The molecule has 0 bridgehead atoms. The van der Waals surface area contributed by atoms with Crippen LogP contribution in [0, 0.1) is 0 Å². The van der Waals surface area contributed by atoms with E-state index in [1.165, 1.54) is 4.90 Å². The smallest absolute Gasteiger partial charge is 0.255 e. The van der Waals surface area contributed by atoms with E-state index in [4.69, 9.17) is 16.3 Å². The Bertz CT molecular complexity index is 1240. The summed E-state index contributed by atoms with van der Waals surface area (Å²) in [5.41, 5.74) is 4.10. The molecule has 0 saturated carbocycles. The third-order valence-corrected chi connectivity index (χ3v) is 7.41. The van der Waals surface area contributed by atoms with Crippen LogP contribution in [-0.2, 0) is 45.2 Å². The largest absolute Gasteiger partial charge is 0.379 e. The van der Waals surface area contributed by atoms with E-state index in [2.05, 4.69) is 15.5 Å². The van der Waals surface area contributed by atoms with Gasteiger partial charge in [-0.05, 0) is 40.8 Å². The van der Waals surface area contributed by atoms with Crippen molar-refractivity contribution in [2.75, 3.05) is 26.3 Å². The number of carbonyl (C=O) groups excluding carboxylic acids is 4. The quantitative estimate of drug-likeness (QED) is 0.535. The summed E-state index contributed by atoms with van der Waals surface area (Å²) in [5, 5.41) is 5.89. The Kier molecular flexibility index (Phi) is 7.55. The fraction of sp³-hybridized carbons (Fsp3) is 0.407. The second kappa shape index (κ2) is 11.0. The first-order valence-electron chi connectivity index (χ1n) is 12.5. The summed E-state index contributed by atoms with van der Waals surface area (Å²) >= 11 is 6.49. The highest BCUT2D eigenvalue weighted by molar-refractivity contribution is 6.31. The van der Waals surface area contributed by atoms with Gasteiger partial charge in [-0.15, -0.1) is 0 Å². The van der Waals surface area contributed by atoms with Crippen molar-refractivity contribution >= 4 is 35.2 Å². The predicted molar refractivity (Wildman–Crippen MR) is 136 cm³/mol. The van der Waals surface area contributed by atoms with Crippen LogP contribution < -0.4 is 10.6 Å². The summed E-state index contributed by atoms with van der Waals surface area (Å²) < 4.78 is 5.39. The van der Waals surface area contributed by atoms with Crippen LogP contribution in [0.25, 0.3) is 0 Å². The predicted octanol–water partition coefficient (Wildman–Crippen LogP) is 1.79. The molecule has 2 aromatic rings. The van der Waals surface area contributed by atoms with Crippen molar-refractivity contribution in [3.05, 3.63) is 69.2 Å². The van der Waals surface area contributed by atoms with Gasteiger partial charge in [0.25, 0.3) is 5.91 Å². The summed E-state index contributed by atoms with van der Waals surface area (Å²) in [7, 11) is 0. The first-order valence-corrected chi connectivity index (χ1v) is 12.9. The van der Waals surface area contributed by atoms with Gasteiger partial charge in [-0.2, -0.15) is 0 Å². The molecule has 3 heterocycles. The number of hydrogen-bond donors (Lipinski definition) is 2. The van der Waals surface area contributed by atoms with E-state index >= 15 is 0 Å². The van der Waals surface area contributed by atoms with Gasteiger partial charge in [-0.25, -0.2) is 0 Å². The number of piperidine rings is 1. The molecule has 5 rings (SSSR count). The van der Waals surface area contributed by atoms with Crippen molar-refractivity contribution in [1.29, 1.82) is 0 Å². The van der Waals surface area contributed by atoms with Crippen LogP contribution in [-0.4, -0.2) is 65.8 Å². The van der Waals surface area contributed by atoms with Crippen LogP contribution in [0.1, 0.15) is 45.5 Å². The lowest BCUT2D eigenvalue weighted by Gasteiger charge is -2.29. The Hall–Kier alpha value is -3.27. The van der Waals surface area contributed by atoms with Gasteiger partial charge >= 0.3 is 0 Å². The highest BCUT2D eigenvalue weighted by atomic mass is 35.5. The number of amides is 4. The van der Waals surface area contributed by atoms with Crippen LogP contribution >= 0.6 is 11.6 Å². The molecule has 9 nitrogen and oxygen atoms in total. The summed E-state index contributed by atoms with van der Waals surface area (Å²) in [6.07, 6.45) is 0.755. The maximum Gasteiger partial charge on any atom is 0.255 e. The normalized spacial score (nSPS) is 20.1. The number of halogens is 1. The minimum Gasteiger partial charge on any atom is -0.379 e. The second-order valence-corrected chi connectivity index (χ2v) is 10.1. The molecule has 10 heteroatoms. The summed E-state index contributed by atoms with van der Waals surface area (Å²) in [6, 6.07) is 10.5. The van der Waals surface area contributed by atoms with Gasteiger partial charge in [-0.3, -0.25) is 29.4 Å². The van der Waals surface area contributed by atoms with Gasteiger partial charge in [0, 0.05) is 49.7 Å². The Morgan fingerprint density at radius 2 is 1.86 bits per heavy atom. The van der Waals surface area contributed by atoms with Crippen molar-refractivity contribution in [3.8, 4) is 0 Å². The van der Waals surface area contributed by atoms with Gasteiger partial charge in [0.15, 0.2) is 0 Å². The van der Waals surface area contributed by atoms with E-state index in [-0.39, 0.29) is 30.6 Å². The molecule has 0 spiro atoms. The lowest BCUT2D eigenvalue weighted by Crippen LogP contribution is -2.52. The van der Waals surface area contributed by atoms with E-state index in [9.17, 15) is 19.2 Å². The number of nitrogens with zero attached hydrogens (tertiary/aromatic N) is 2. The number of ether oxygens (including phenoxy) is 1. The molecule has 0 aliphatic carbocycles. The number of fused-ring (bicyclic) bond motifs is 1. The zero-order chi connectivity index (χ0) is 25.9. The Morgan fingerprint density at radius 1 is 1.08 bits per heavy atom. The van der Waals surface area contributed by atoms with Crippen LogP contribution in [0.15, 0.2) is 36.4 Å². The van der Waals surface area contributed by atoms with Crippen molar-refractivity contribution in [2.24, 2.45) is 0 Å². The molecule has 0 aromatic heterocycles. The van der Waals surface area contributed by atoms with E-state index < -0.39 is 11.9 Å². The fourth-order valence-corrected chi connectivity index (χ4v) is 5.28. The summed E-state index contributed by atoms with van der Waals surface area (Å²) in [5.74, 6) is -1.08. The Balaban J connectivity index is 1.15. The van der Waals surface area contributed by atoms with Crippen LogP contribution in [0.2, 0.25) is 5.02 Å². The van der Waals surface area contributed by atoms with Gasteiger partial charge in [0.05, 0.1) is 19.6 Å².